The van der Waals surface area contributed by atoms with Crippen LogP contribution >= 0.6 is 0 Å². The van der Waals surface area contributed by atoms with Gasteiger partial charge in [0.1, 0.15) is 6.10 Å². The highest BCUT2D eigenvalue weighted by Crippen LogP contribution is 2.34. The summed E-state index contributed by atoms with van der Waals surface area (Å²) in [5.41, 5.74) is 0.932. The van der Waals surface area contributed by atoms with Gasteiger partial charge in [-0.1, -0.05) is 63.9 Å². The molecule has 2 rings (SSSR count). The molecule has 4 nitrogen and oxygen atoms in total. The second-order valence-electron chi connectivity index (χ2n) is 6.90. The lowest BCUT2D eigenvalue weighted by atomic mass is 9.89. The molecule has 0 aromatic heterocycles. The number of benzene rings is 1. The number of hydrogen-bond acceptors (Lipinski definition) is 3. The van der Waals surface area contributed by atoms with Crippen LogP contribution in [0.3, 0.4) is 0 Å². The van der Waals surface area contributed by atoms with Crippen LogP contribution in [0.1, 0.15) is 65.0 Å². The van der Waals surface area contributed by atoms with Gasteiger partial charge in [-0.15, -0.1) is 0 Å². The van der Waals surface area contributed by atoms with Crippen LogP contribution in [0.15, 0.2) is 30.3 Å². The van der Waals surface area contributed by atoms with E-state index in [-0.39, 0.29) is 24.0 Å². The van der Waals surface area contributed by atoms with Crippen LogP contribution in [0, 0.1) is 11.8 Å². The maximum atomic E-state index is 12.9. The Morgan fingerprint density at radius 1 is 1.25 bits per heavy atom. The second kappa shape index (κ2) is 8.32. The van der Waals surface area contributed by atoms with Gasteiger partial charge in [0.05, 0.1) is 6.04 Å². The molecule has 0 bridgehead atoms. The zero-order valence-corrected chi connectivity index (χ0v) is 15.2. The summed E-state index contributed by atoms with van der Waals surface area (Å²) in [6, 6.07) is 9.36. The first-order chi connectivity index (χ1) is 11.5. The Morgan fingerprint density at radius 2 is 1.92 bits per heavy atom. The van der Waals surface area contributed by atoms with Crippen LogP contribution in [-0.2, 0) is 9.53 Å². The molecule has 0 unspecified atom stereocenters. The summed E-state index contributed by atoms with van der Waals surface area (Å²) in [6.07, 6.45) is 2.91. The van der Waals surface area contributed by atoms with Crippen molar-refractivity contribution in [3.8, 4) is 0 Å². The van der Waals surface area contributed by atoms with E-state index in [0.29, 0.717) is 5.92 Å². The van der Waals surface area contributed by atoms with Gasteiger partial charge in [0.2, 0.25) is 5.91 Å². The average molecular weight is 331 g/mol. The standard InChI is InChI=1S/C20H29NO3/c1-5-10-14(3)13-16(6-2)19(22)21-15(4)18(24-20(21)23)17-11-8-7-9-12-17/h7-9,11-12,14-16,18H,5-6,10,13H2,1-4H3/t14-,15-,16+,18-/m1/s1. The van der Waals surface area contributed by atoms with Crippen molar-refractivity contribution < 1.29 is 14.3 Å². The Morgan fingerprint density at radius 3 is 2.50 bits per heavy atom. The third-order valence-corrected chi connectivity index (χ3v) is 4.95. The molecule has 1 aliphatic rings. The molecular weight excluding hydrogens is 302 g/mol. The summed E-state index contributed by atoms with van der Waals surface area (Å²) in [5.74, 6) is 0.287. The molecule has 2 amide bonds. The van der Waals surface area contributed by atoms with Gasteiger partial charge in [-0.05, 0) is 31.2 Å². The van der Waals surface area contributed by atoms with Crippen LogP contribution in [0.2, 0.25) is 0 Å². The van der Waals surface area contributed by atoms with Crippen LogP contribution in [0.4, 0.5) is 4.79 Å². The van der Waals surface area contributed by atoms with Gasteiger partial charge in [0.15, 0.2) is 0 Å². The fourth-order valence-electron chi connectivity index (χ4n) is 3.58. The molecule has 1 heterocycles. The molecule has 0 radical (unpaired) electrons. The van der Waals surface area contributed by atoms with Gasteiger partial charge in [0.25, 0.3) is 0 Å². The Bertz CT molecular complexity index is 557. The molecule has 4 heteroatoms. The average Bonchev–Trinajstić information content (AvgIpc) is 2.87. The predicted octanol–water partition coefficient (Wildman–Crippen LogP) is 4.95. The summed E-state index contributed by atoms with van der Waals surface area (Å²) >= 11 is 0. The summed E-state index contributed by atoms with van der Waals surface area (Å²) in [7, 11) is 0. The van der Waals surface area contributed by atoms with Crippen molar-refractivity contribution in [3.05, 3.63) is 35.9 Å². The number of cyclic esters (lactones) is 1. The lowest BCUT2D eigenvalue weighted by Crippen LogP contribution is -2.42. The zero-order valence-electron chi connectivity index (χ0n) is 15.2. The van der Waals surface area contributed by atoms with E-state index in [0.717, 1.165) is 31.2 Å². The largest absolute Gasteiger partial charge is 0.439 e. The molecular formula is C20H29NO3. The Labute approximate surface area is 145 Å². The second-order valence-corrected chi connectivity index (χ2v) is 6.90. The molecule has 1 aliphatic heterocycles. The summed E-state index contributed by atoms with van der Waals surface area (Å²) in [6.45, 7) is 8.24. The fourth-order valence-corrected chi connectivity index (χ4v) is 3.58. The minimum absolute atomic E-state index is 0.0867. The number of imide groups is 1. The molecule has 132 valence electrons. The first kappa shape index (κ1) is 18.5. The number of hydrogen-bond donors (Lipinski definition) is 0. The molecule has 0 spiro atoms. The minimum atomic E-state index is -0.511. The topological polar surface area (TPSA) is 46.6 Å². The van der Waals surface area contributed by atoms with Gasteiger partial charge in [-0.25, -0.2) is 9.69 Å². The van der Waals surface area contributed by atoms with Gasteiger partial charge in [-0.2, -0.15) is 0 Å². The van der Waals surface area contributed by atoms with E-state index in [9.17, 15) is 9.59 Å². The Kier molecular flexibility index (Phi) is 6.41. The normalized spacial score (nSPS) is 23.0. The van der Waals surface area contributed by atoms with Gasteiger partial charge in [-0.3, -0.25) is 4.79 Å². The molecule has 24 heavy (non-hydrogen) atoms. The maximum Gasteiger partial charge on any atom is 0.417 e. The minimum Gasteiger partial charge on any atom is -0.439 e. The van der Waals surface area contributed by atoms with E-state index >= 15 is 0 Å². The maximum absolute atomic E-state index is 12.9. The highest BCUT2D eigenvalue weighted by molar-refractivity contribution is 5.95. The SMILES string of the molecule is CCC[C@@H](C)C[C@H](CC)C(=O)N1C(=O)O[C@@H](c2ccccc2)[C@H]1C. The van der Waals surface area contributed by atoms with Crippen molar-refractivity contribution in [3.63, 3.8) is 0 Å². The molecule has 0 aliphatic carbocycles. The van der Waals surface area contributed by atoms with Crippen molar-refractivity contribution in [1.82, 2.24) is 4.90 Å². The molecule has 4 atom stereocenters. The number of nitrogens with zero attached hydrogens (tertiary/aromatic N) is 1. The van der Waals surface area contributed by atoms with Gasteiger partial charge in [0, 0.05) is 5.92 Å². The van der Waals surface area contributed by atoms with E-state index in [1.54, 1.807) is 0 Å². The number of amides is 2. The Balaban J connectivity index is 2.12. The quantitative estimate of drug-likeness (QED) is 0.710. The van der Waals surface area contributed by atoms with Crippen molar-refractivity contribution >= 4 is 12.0 Å². The number of carbonyl (C=O) groups is 2. The van der Waals surface area contributed by atoms with Crippen molar-refractivity contribution in [2.75, 3.05) is 0 Å². The van der Waals surface area contributed by atoms with E-state index < -0.39 is 6.09 Å². The highest BCUT2D eigenvalue weighted by atomic mass is 16.6. The molecule has 0 saturated carbocycles. The molecule has 1 fully saturated rings. The van der Waals surface area contributed by atoms with Gasteiger partial charge < -0.3 is 4.74 Å². The summed E-state index contributed by atoms with van der Waals surface area (Å²) < 4.78 is 5.51. The lowest BCUT2D eigenvalue weighted by Gasteiger charge is -2.25. The van der Waals surface area contributed by atoms with Crippen molar-refractivity contribution in [2.45, 2.75) is 65.5 Å². The van der Waals surface area contributed by atoms with Crippen LogP contribution in [-0.4, -0.2) is 22.9 Å². The third kappa shape index (κ3) is 3.97. The van der Waals surface area contributed by atoms with E-state index in [4.69, 9.17) is 4.74 Å². The van der Waals surface area contributed by atoms with Crippen LogP contribution in [0.5, 0.6) is 0 Å². The predicted molar refractivity (Wildman–Crippen MR) is 94.4 cm³/mol. The van der Waals surface area contributed by atoms with Gasteiger partial charge >= 0.3 is 6.09 Å². The summed E-state index contributed by atoms with van der Waals surface area (Å²) in [4.78, 5) is 26.6. The first-order valence-corrected chi connectivity index (χ1v) is 9.08. The zero-order chi connectivity index (χ0) is 17.7. The third-order valence-electron chi connectivity index (χ3n) is 4.95. The van der Waals surface area contributed by atoms with Crippen molar-refractivity contribution in [2.24, 2.45) is 11.8 Å². The smallest absolute Gasteiger partial charge is 0.417 e. The van der Waals surface area contributed by atoms with E-state index in [1.165, 1.54) is 4.90 Å². The number of carbonyl (C=O) groups excluding carboxylic acids is 2. The van der Waals surface area contributed by atoms with E-state index in [2.05, 4.69) is 13.8 Å². The molecule has 0 N–H and O–H groups in total. The Hall–Kier alpha value is -1.84. The fraction of sp³-hybridized carbons (Fsp3) is 0.600. The lowest BCUT2D eigenvalue weighted by molar-refractivity contribution is -0.134. The van der Waals surface area contributed by atoms with Crippen molar-refractivity contribution in [1.29, 1.82) is 0 Å². The van der Waals surface area contributed by atoms with Crippen LogP contribution < -0.4 is 0 Å². The monoisotopic (exact) mass is 331 g/mol. The molecule has 1 aromatic rings. The highest BCUT2D eigenvalue weighted by Gasteiger charge is 2.44. The molecule has 1 aromatic carbocycles. The number of rotatable bonds is 7. The first-order valence-electron chi connectivity index (χ1n) is 9.08. The van der Waals surface area contributed by atoms with Crippen LogP contribution in [0.25, 0.3) is 0 Å². The van der Waals surface area contributed by atoms with E-state index in [1.807, 2.05) is 44.2 Å². The number of ether oxygens (including phenoxy) is 1. The summed E-state index contributed by atoms with van der Waals surface area (Å²) in [5, 5.41) is 0. The molecule has 1 saturated heterocycles.